The molecule has 1 fully saturated rings. The van der Waals surface area contributed by atoms with Gasteiger partial charge in [0.2, 0.25) is 0 Å². The van der Waals surface area contributed by atoms with Crippen molar-refractivity contribution < 1.29 is 5.11 Å². The molecule has 0 bridgehead atoms. The summed E-state index contributed by atoms with van der Waals surface area (Å²) < 4.78 is 0. The van der Waals surface area contributed by atoms with Gasteiger partial charge in [0.15, 0.2) is 0 Å². The minimum absolute atomic E-state index is 0.323. The molecule has 2 atom stereocenters. The second-order valence-electron chi connectivity index (χ2n) is 5.06. The normalized spacial score (nSPS) is 25.1. The van der Waals surface area contributed by atoms with Crippen LogP contribution in [0.5, 0.6) is 0 Å². The zero-order chi connectivity index (χ0) is 11.6. The van der Waals surface area contributed by atoms with Crippen molar-refractivity contribution in [1.29, 1.82) is 0 Å². The monoisotopic (exact) mass is 219 g/mol. The minimum Gasteiger partial charge on any atom is -0.385 e. The lowest BCUT2D eigenvalue weighted by molar-refractivity contribution is -0.0156. The number of piperidine rings is 1. The highest BCUT2D eigenvalue weighted by Crippen LogP contribution is 2.33. The first-order valence-corrected chi connectivity index (χ1v) is 6.11. The average molecular weight is 219 g/mol. The summed E-state index contributed by atoms with van der Waals surface area (Å²) in [5.41, 5.74) is 1.56. The minimum atomic E-state index is -0.707. The molecule has 2 unspecified atom stereocenters. The number of hydrogen-bond donors (Lipinski definition) is 2. The molecule has 0 spiro atoms. The van der Waals surface area contributed by atoms with E-state index in [9.17, 15) is 5.11 Å². The fourth-order valence-electron chi connectivity index (χ4n) is 2.46. The highest BCUT2D eigenvalue weighted by Gasteiger charge is 2.34. The van der Waals surface area contributed by atoms with Gasteiger partial charge in [0.25, 0.3) is 0 Å². The Labute approximate surface area is 97.7 Å². The van der Waals surface area contributed by atoms with E-state index in [1.165, 1.54) is 5.56 Å². The van der Waals surface area contributed by atoms with Crippen molar-refractivity contribution in [2.45, 2.75) is 32.3 Å². The Bertz CT molecular complexity index is 336. The van der Waals surface area contributed by atoms with Gasteiger partial charge >= 0.3 is 0 Å². The molecule has 0 aromatic heterocycles. The summed E-state index contributed by atoms with van der Waals surface area (Å²) in [6, 6.07) is 8.23. The molecule has 1 aliphatic heterocycles. The van der Waals surface area contributed by atoms with E-state index in [-0.39, 0.29) is 0 Å². The third kappa shape index (κ3) is 2.28. The molecule has 1 heterocycles. The van der Waals surface area contributed by atoms with Crippen LogP contribution in [0.25, 0.3) is 0 Å². The first-order chi connectivity index (χ1) is 7.60. The maximum atomic E-state index is 10.7. The van der Waals surface area contributed by atoms with Crippen molar-refractivity contribution in [2.24, 2.45) is 5.92 Å². The topological polar surface area (TPSA) is 32.3 Å². The molecule has 1 aromatic rings. The van der Waals surface area contributed by atoms with Gasteiger partial charge in [-0.05, 0) is 38.8 Å². The zero-order valence-corrected chi connectivity index (χ0v) is 10.2. The van der Waals surface area contributed by atoms with Crippen molar-refractivity contribution in [3.05, 3.63) is 35.4 Å². The summed E-state index contributed by atoms with van der Waals surface area (Å²) in [6.07, 6.45) is 2.26. The standard InChI is InChI=1S/C14H21NO/c1-11-5-7-12(8-6-11)14(2,16)13-4-3-9-15-10-13/h5-8,13,15-16H,3-4,9-10H2,1-2H3. The first kappa shape index (κ1) is 11.6. The Kier molecular flexibility index (Phi) is 3.31. The fraction of sp³-hybridized carbons (Fsp3) is 0.571. The second kappa shape index (κ2) is 4.56. The lowest BCUT2D eigenvalue weighted by atomic mass is 9.79. The molecule has 2 rings (SSSR count). The van der Waals surface area contributed by atoms with Crippen molar-refractivity contribution in [3.8, 4) is 0 Å². The number of hydrogen-bond acceptors (Lipinski definition) is 2. The second-order valence-corrected chi connectivity index (χ2v) is 5.06. The van der Waals surface area contributed by atoms with Crippen LogP contribution >= 0.6 is 0 Å². The van der Waals surface area contributed by atoms with E-state index in [2.05, 4.69) is 24.4 Å². The Hall–Kier alpha value is -0.860. The van der Waals surface area contributed by atoms with Gasteiger partial charge in [-0.15, -0.1) is 0 Å². The van der Waals surface area contributed by atoms with Crippen molar-refractivity contribution in [3.63, 3.8) is 0 Å². The molecule has 2 heteroatoms. The molecular formula is C14H21NO. The highest BCUT2D eigenvalue weighted by molar-refractivity contribution is 5.26. The van der Waals surface area contributed by atoms with Gasteiger partial charge in [-0.1, -0.05) is 29.8 Å². The predicted octanol–water partition coefficient (Wildman–Crippen LogP) is 2.20. The van der Waals surface area contributed by atoms with Gasteiger partial charge in [0, 0.05) is 12.5 Å². The first-order valence-electron chi connectivity index (χ1n) is 6.11. The van der Waals surface area contributed by atoms with E-state index in [0.717, 1.165) is 31.5 Å². The van der Waals surface area contributed by atoms with Crippen molar-refractivity contribution in [2.75, 3.05) is 13.1 Å². The Morgan fingerprint density at radius 3 is 2.56 bits per heavy atom. The van der Waals surface area contributed by atoms with E-state index >= 15 is 0 Å². The Morgan fingerprint density at radius 1 is 1.31 bits per heavy atom. The van der Waals surface area contributed by atoms with Crippen LogP contribution in [0.15, 0.2) is 24.3 Å². The summed E-state index contributed by atoms with van der Waals surface area (Å²) in [6.45, 7) is 6.01. The van der Waals surface area contributed by atoms with Gasteiger partial charge in [0.05, 0.1) is 5.60 Å². The molecule has 0 radical (unpaired) electrons. The van der Waals surface area contributed by atoms with E-state index in [0.29, 0.717) is 5.92 Å². The molecule has 1 aliphatic rings. The summed E-state index contributed by atoms with van der Waals surface area (Å²) in [5.74, 6) is 0.323. The van der Waals surface area contributed by atoms with Crippen molar-refractivity contribution >= 4 is 0 Å². The van der Waals surface area contributed by atoms with Crippen LogP contribution in [0.2, 0.25) is 0 Å². The van der Waals surface area contributed by atoms with Gasteiger partial charge in [-0.25, -0.2) is 0 Å². The molecule has 88 valence electrons. The van der Waals surface area contributed by atoms with Crippen LogP contribution in [-0.2, 0) is 5.60 Å². The number of rotatable bonds is 2. The maximum Gasteiger partial charge on any atom is 0.0908 e. The maximum absolute atomic E-state index is 10.7. The van der Waals surface area contributed by atoms with Gasteiger partial charge in [0.1, 0.15) is 0 Å². The van der Waals surface area contributed by atoms with Gasteiger partial charge in [-0.3, -0.25) is 0 Å². The van der Waals surface area contributed by atoms with E-state index in [1.807, 2.05) is 19.1 Å². The summed E-state index contributed by atoms with van der Waals surface area (Å²) >= 11 is 0. The molecule has 1 saturated heterocycles. The van der Waals surface area contributed by atoms with Crippen LogP contribution in [-0.4, -0.2) is 18.2 Å². The fourth-order valence-corrected chi connectivity index (χ4v) is 2.46. The molecule has 0 amide bonds. The van der Waals surface area contributed by atoms with Gasteiger partial charge in [-0.2, -0.15) is 0 Å². The third-order valence-corrected chi connectivity index (χ3v) is 3.73. The predicted molar refractivity (Wildman–Crippen MR) is 66.3 cm³/mol. The molecule has 2 N–H and O–H groups in total. The molecule has 1 aromatic carbocycles. The number of aryl methyl sites for hydroxylation is 1. The lowest BCUT2D eigenvalue weighted by Crippen LogP contribution is -2.42. The molecular weight excluding hydrogens is 198 g/mol. The number of nitrogens with one attached hydrogen (secondary N) is 1. The smallest absolute Gasteiger partial charge is 0.0908 e. The third-order valence-electron chi connectivity index (χ3n) is 3.73. The SMILES string of the molecule is Cc1ccc(C(C)(O)C2CCCNC2)cc1. The Balaban J connectivity index is 2.19. The van der Waals surface area contributed by atoms with Crippen molar-refractivity contribution in [1.82, 2.24) is 5.32 Å². The average Bonchev–Trinajstić information content (AvgIpc) is 2.31. The van der Waals surface area contributed by atoms with Crippen LogP contribution in [0.3, 0.4) is 0 Å². The summed E-state index contributed by atoms with van der Waals surface area (Å²) in [7, 11) is 0. The van der Waals surface area contributed by atoms with Crippen LogP contribution in [0.4, 0.5) is 0 Å². The van der Waals surface area contributed by atoms with E-state index < -0.39 is 5.60 Å². The molecule has 2 nitrogen and oxygen atoms in total. The quantitative estimate of drug-likeness (QED) is 0.799. The molecule has 16 heavy (non-hydrogen) atoms. The number of aliphatic hydroxyl groups is 1. The summed E-state index contributed by atoms with van der Waals surface area (Å²) in [4.78, 5) is 0. The lowest BCUT2D eigenvalue weighted by Gasteiger charge is -2.36. The van der Waals surface area contributed by atoms with Crippen LogP contribution in [0.1, 0.15) is 30.9 Å². The zero-order valence-electron chi connectivity index (χ0n) is 10.2. The van der Waals surface area contributed by atoms with Crippen LogP contribution in [0, 0.1) is 12.8 Å². The highest BCUT2D eigenvalue weighted by atomic mass is 16.3. The van der Waals surface area contributed by atoms with E-state index in [4.69, 9.17) is 0 Å². The summed E-state index contributed by atoms with van der Waals surface area (Å²) in [5, 5.41) is 14.0. The molecule has 0 saturated carbocycles. The van der Waals surface area contributed by atoms with Crippen LogP contribution < -0.4 is 5.32 Å². The largest absolute Gasteiger partial charge is 0.385 e. The molecule has 0 aliphatic carbocycles. The Morgan fingerprint density at radius 2 is 2.00 bits per heavy atom. The van der Waals surface area contributed by atoms with Gasteiger partial charge < -0.3 is 10.4 Å². The number of benzene rings is 1. The van der Waals surface area contributed by atoms with E-state index in [1.54, 1.807) is 0 Å².